The van der Waals surface area contributed by atoms with Gasteiger partial charge in [0, 0.05) is 18.2 Å². The van der Waals surface area contributed by atoms with E-state index in [2.05, 4.69) is 12.1 Å². The maximum atomic E-state index is 8.86. The lowest BCUT2D eigenvalue weighted by molar-refractivity contribution is 0.286. The Kier molecular flexibility index (Phi) is 6.13. The van der Waals surface area contributed by atoms with Crippen molar-refractivity contribution in [2.75, 3.05) is 7.11 Å². The van der Waals surface area contributed by atoms with Crippen LogP contribution in [-0.4, -0.2) is 7.11 Å². The van der Waals surface area contributed by atoms with Crippen LogP contribution in [0.15, 0.2) is 66.7 Å². The zero-order valence-corrected chi connectivity index (χ0v) is 15.4. The van der Waals surface area contributed by atoms with E-state index in [1.807, 2.05) is 24.3 Å². The smallest absolute Gasteiger partial charge is 0.127 e. The molecule has 3 aromatic carbocycles. The summed E-state index contributed by atoms with van der Waals surface area (Å²) in [7, 11) is 1.59. The van der Waals surface area contributed by atoms with Crippen molar-refractivity contribution in [1.29, 1.82) is 10.5 Å². The van der Waals surface area contributed by atoms with Gasteiger partial charge in [0.1, 0.15) is 30.5 Å². The second-order valence-electron chi connectivity index (χ2n) is 6.04. The first-order valence-corrected chi connectivity index (χ1v) is 8.63. The van der Waals surface area contributed by atoms with Crippen LogP contribution in [0.25, 0.3) is 0 Å². The van der Waals surface area contributed by atoms with Crippen molar-refractivity contribution in [2.24, 2.45) is 0 Å². The Morgan fingerprint density at radius 1 is 0.643 bits per heavy atom. The molecule has 0 heterocycles. The minimum Gasteiger partial charge on any atom is -0.496 e. The van der Waals surface area contributed by atoms with E-state index < -0.39 is 0 Å². The fraction of sp³-hybridized carbons (Fsp3) is 0.130. The minimum atomic E-state index is 0.369. The van der Waals surface area contributed by atoms with Crippen LogP contribution in [0.4, 0.5) is 0 Å². The number of hydrogen-bond donors (Lipinski definition) is 0. The molecule has 0 aliphatic rings. The van der Waals surface area contributed by atoms with E-state index in [0.717, 1.165) is 11.1 Å². The summed E-state index contributed by atoms with van der Waals surface area (Å²) in [5, 5.41) is 17.7. The number of methoxy groups -OCH3 is 1. The molecule has 0 atom stereocenters. The van der Waals surface area contributed by atoms with Crippen LogP contribution in [0.5, 0.6) is 17.2 Å². The van der Waals surface area contributed by atoms with E-state index in [0.29, 0.717) is 41.6 Å². The molecule has 0 amide bonds. The molecule has 0 radical (unpaired) electrons. The van der Waals surface area contributed by atoms with Crippen LogP contribution in [0.1, 0.15) is 22.3 Å². The van der Waals surface area contributed by atoms with Gasteiger partial charge >= 0.3 is 0 Å². The van der Waals surface area contributed by atoms with E-state index >= 15 is 0 Å². The third-order valence-corrected chi connectivity index (χ3v) is 4.07. The molecule has 28 heavy (non-hydrogen) atoms. The average Bonchev–Trinajstić information content (AvgIpc) is 2.76. The van der Waals surface area contributed by atoms with Gasteiger partial charge in [-0.05, 0) is 35.4 Å². The largest absolute Gasteiger partial charge is 0.496 e. The Morgan fingerprint density at radius 3 is 1.39 bits per heavy atom. The minimum absolute atomic E-state index is 0.369. The Labute approximate surface area is 163 Å². The van der Waals surface area contributed by atoms with E-state index in [1.54, 1.807) is 49.6 Å². The highest BCUT2D eigenvalue weighted by Gasteiger charge is 2.05. The highest BCUT2D eigenvalue weighted by Crippen LogP contribution is 2.29. The van der Waals surface area contributed by atoms with Crippen molar-refractivity contribution >= 4 is 0 Å². The van der Waals surface area contributed by atoms with E-state index in [4.69, 9.17) is 24.7 Å². The van der Waals surface area contributed by atoms with Gasteiger partial charge in [0.2, 0.25) is 0 Å². The maximum absolute atomic E-state index is 8.86. The molecule has 0 unspecified atom stereocenters. The van der Waals surface area contributed by atoms with Crippen LogP contribution in [-0.2, 0) is 13.2 Å². The second kappa shape index (κ2) is 9.12. The van der Waals surface area contributed by atoms with Gasteiger partial charge in [-0.25, -0.2) is 0 Å². The molecular weight excluding hydrogens is 352 g/mol. The molecule has 3 rings (SSSR count). The zero-order chi connectivity index (χ0) is 19.8. The first-order valence-electron chi connectivity index (χ1n) is 8.63. The molecule has 3 aromatic rings. The Morgan fingerprint density at radius 2 is 1.04 bits per heavy atom. The predicted octanol–water partition coefficient (Wildman–Crippen LogP) is 4.60. The van der Waals surface area contributed by atoms with Gasteiger partial charge < -0.3 is 14.2 Å². The second-order valence-corrected chi connectivity index (χ2v) is 6.04. The van der Waals surface area contributed by atoms with Crippen molar-refractivity contribution in [1.82, 2.24) is 0 Å². The number of benzene rings is 3. The van der Waals surface area contributed by atoms with Crippen molar-refractivity contribution in [3.05, 3.63) is 89.0 Å². The van der Waals surface area contributed by atoms with Gasteiger partial charge in [-0.2, -0.15) is 10.5 Å². The monoisotopic (exact) mass is 370 g/mol. The molecule has 0 saturated carbocycles. The van der Waals surface area contributed by atoms with Gasteiger partial charge in [-0.3, -0.25) is 0 Å². The predicted molar refractivity (Wildman–Crippen MR) is 104 cm³/mol. The van der Waals surface area contributed by atoms with Crippen LogP contribution >= 0.6 is 0 Å². The van der Waals surface area contributed by atoms with Crippen molar-refractivity contribution < 1.29 is 14.2 Å². The molecule has 0 bridgehead atoms. The first kappa shape index (κ1) is 18.8. The van der Waals surface area contributed by atoms with Crippen LogP contribution in [0, 0.1) is 22.7 Å². The van der Waals surface area contributed by atoms with Gasteiger partial charge in [-0.15, -0.1) is 0 Å². The topological polar surface area (TPSA) is 75.3 Å². The zero-order valence-electron chi connectivity index (χ0n) is 15.4. The van der Waals surface area contributed by atoms with Crippen LogP contribution < -0.4 is 14.2 Å². The molecule has 138 valence electrons. The summed E-state index contributed by atoms with van der Waals surface area (Å²) in [4.78, 5) is 0. The lowest BCUT2D eigenvalue weighted by Gasteiger charge is -2.12. The fourth-order valence-corrected chi connectivity index (χ4v) is 2.51. The Hall–Kier alpha value is -3.96. The first-order chi connectivity index (χ1) is 13.7. The fourth-order valence-electron chi connectivity index (χ4n) is 2.51. The summed E-state index contributed by atoms with van der Waals surface area (Å²) >= 11 is 0. The quantitative estimate of drug-likeness (QED) is 0.608. The molecule has 0 aliphatic heterocycles. The Balaban J connectivity index is 1.66. The van der Waals surface area contributed by atoms with Gasteiger partial charge in [0.25, 0.3) is 0 Å². The molecule has 0 fully saturated rings. The summed E-state index contributed by atoms with van der Waals surface area (Å²) in [6.07, 6.45) is 0. The maximum Gasteiger partial charge on any atom is 0.127 e. The number of nitrogens with zero attached hydrogens (tertiary/aromatic N) is 2. The third kappa shape index (κ3) is 5.03. The number of nitriles is 2. The van der Waals surface area contributed by atoms with Crippen molar-refractivity contribution in [2.45, 2.75) is 13.2 Å². The molecule has 0 aromatic heterocycles. The summed E-state index contributed by atoms with van der Waals surface area (Å²) < 4.78 is 17.0. The summed E-state index contributed by atoms with van der Waals surface area (Å²) in [5.41, 5.74) is 3.15. The summed E-state index contributed by atoms with van der Waals surface area (Å²) in [6.45, 7) is 0.738. The lowest BCUT2D eigenvalue weighted by atomic mass is 10.1. The van der Waals surface area contributed by atoms with Crippen molar-refractivity contribution in [3.63, 3.8) is 0 Å². The number of ether oxygens (including phenoxy) is 3. The number of rotatable bonds is 7. The van der Waals surface area contributed by atoms with Crippen molar-refractivity contribution in [3.8, 4) is 29.4 Å². The molecular formula is C23H18N2O3. The standard InChI is InChI=1S/C23H18N2O3/c1-26-21-10-22(27-15-19-6-2-17(13-24)3-7-19)12-23(11-21)28-16-20-8-4-18(14-25)5-9-20/h2-12H,15-16H2,1H3. The molecule has 0 saturated heterocycles. The molecule has 0 spiro atoms. The lowest BCUT2D eigenvalue weighted by Crippen LogP contribution is -1.99. The van der Waals surface area contributed by atoms with Crippen LogP contribution in [0.2, 0.25) is 0 Å². The third-order valence-electron chi connectivity index (χ3n) is 4.07. The van der Waals surface area contributed by atoms with Gasteiger partial charge in [0.05, 0.1) is 30.4 Å². The van der Waals surface area contributed by atoms with E-state index in [1.165, 1.54) is 0 Å². The normalized spacial score (nSPS) is 9.82. The average molecular weight is 370 g/mol. The van der Waals surface area contributed by atoms with Gasteiger partial charge in [-0.1, -0.05) is 24.3 Å². The highest BCUT2D eigenvalue weighted by atomic mass is 16.5. The molecule has 5 nitrogen and oxygen atoms in total. The number of hydrogen-bond acceptors (Lipinski definition) is 5. The van der Waals surface area contributed by atoms with E-state index in [-0.39, 0.29) is 0 Å². The van der Waals surface area contributed by atoms with Crippen LogP contribution in [0.3, 0.4) is 0 Å². The molecule has 0 aliphatic carbocycles. The highest BCUT2D eigenvalue weighted by molar-refractivity contribution is 5.42. The summed E-state index contributed by atoms with van der Waals surface area (Å²) in [6, 6.07) is 24.1. The SMILES string of the molecule is COc1cc(OCc2ccc(C#N)cc2)cc(OCc2ccc(C#N)cc2)c1. The molecule has 5 heteroatoms. The van der Waals surface area contributed by atoms with E-state index in [9.17, 15) is 0 Å². The Bertz CT molecular complexity index is 934. The molecule has 0 N–H and O–H groups in total. The summed E-state index contributed by atoms with van der Waals surface area (Å²) in [5.74, 6) is 1.88. The van der Waals surface area contributed by atoms with Gasteiger partial charge in [0.15, 0.2) is 0 Å².